The number of rotatable bonds is 3. The molecular formula is C28H29N5. The molecule has 2 aliphatic carbocycles. The molecule has 33 heavy (non-hydrogen) atoms. The monoisotopic (exact) mass is 435 g/mol. The molecule has 1 aliphatic heterocycles. The second kappa shape index (κ2) is 8.01. The average Bonchev–Trinajstić information content (AvgIpc) is 3.28. The maximum Gasteiger partial charge on any atom is 0.0892 e. The number of pyridine rings is 1. The molecule has 6 rings (SSSR count). The van der Waals surface area contributed by atoms with Gasteiger partial charge in [-0.2, -0.15) is 0 Å². The van der Waals surface area contributed by atoms with E-state index in [-0.39, 0.29) is 5.54 Å². The molecule has 3 aromatic rings. The lowest BCUT2D eigenvalue weighted by Gasteiger charge is -2.44. The standard InChI is InChI=1S/C28H29N5/c1-28(33-15-13-32(2)14-16-33)9-7-20(8-10-28)22-17-24-23(4-6-25(24)31-19-22)21-3-5-26-27(18-21)30-12-11-29-26/h3-5,7-9,11-12,17-19H,6,10,13-16H2,1-2H3. The molecule has 1 unspecified atom stereocenters. The van der Waals surface area contributed by atoms with E-state index in [0.717, 1.165) is 55.7 Å². The number of nitrogens with zero attached hydrogens (tertiary/aromatic N) is 5. The third-order valence-corrected chi connectivity index (χ3v) is 7.46. The first-order valence-corrected chi connectivity index (χ1v) is 11.8. The summed E-state index contributed by atoms with van der Waals surface area (Å²) in [5, 5.41) is 0. The van der Waals surface area contributed by atoms with Crippen molar-refractivity contribution >= 4 is 22.2 Å². The van der Waals surface area contributed by atoms with Gasteiger partial charge in [0.1, 0.15) is 0 Å². The summed E-state index contributed by atoms with van der Waals surface area (Å²) in [7, 11) is 2.21. The molecule has 0 saturated carbocycles. The fraction of sp³-hybridized carbons (Fsp3) is 0.321. The number of piperazine rings is 1. The summed E-state index contributed by atoms with van der Waals surface area (Å²) in [5.74, 6) is 0. The number of allylic oxidation sites excluding steroid dienone is 3. The van der Waals surface area contributed by atoms with Gasteiger partial charge in [-0.05, 0) is 55.3 Å². The maximum atomic E-state index is 4.84. The van der Waals surface area contributed by atoms with Crippen LogP contribution in [0, 0.1) is 0 Å². The minimum atomic E-state index is 0.103. The summed E-state index contributed by atoms with van der Waals surface area (Å²) in [6.45, 7) is 6.91. The first-order valence-electron chi connectivity index (χ1n) is 11.8. The van der Waals surface area contributed by atoms with Crippen LogP contribution in [0.4, 0.5) is 0 Å². The van der Waals surface area contributed by atoms with Crippen molar-refractivity contribution in [3.63, 3.8) is 0 Å². The predicted molar refractivity (Wildman–Crippen MR) is 134 cm³/mol. The highest BCUT2D eigenvalue weighted by Gasteiger charge is 2.32. The first kappa shape index (κ1) is 20.5. The highest BCUT2D eigenvalue weighted by molar-refractivity contribution is 5.89. The molecule has 166 valence electrons. The minimum Gasteiger partial charge on any atom is -0.304 e. The number of benzene rings is 1. The van der Waals surface area contributed by atoms with Crippen molar-refractivity contribution in [3.05, 3.63) is 89.5 Å². The van der Waals surface area contributed by atoms with Gasteiger partial charge in [-0.15, -0.1) is 0 Å². The molecule has 1 saturated heterocycles. The third-order valence-electron chi connectivity index (χ3n) is 7.46. The second-order valence-electron chi connectivity index (χ2n) is 9.64. The summed E-state index contributed by atoms with van der Waals surface area (Å²) in [4.78, 5) is 18.8. The number of aromatic nitrogens is 3. The van der Waals surface area contributed by atoms with Crippen LogP contribution < -0.4 is 0 Å². The summed E-state index contributed by atoms with van der Waals surface area (Å²) in [6, 6.07) is 8.65. The van der Waals surface area contributed by atoms with Crippen LogP contribution in [0.25, 0.3) is 22.2 Å². The molecule has 1 aromatic carbocycles. The van der Waals surface area contributed by atoms with Gasteiger partial charge in [-0.1, -0.05) is 30.4 Å². The first-order chi connectivity index (χ1) is 16.1. The Labute approximate surface area is 195 Å². The van der Waals surface area contributed by atoms with E-state index in [1.54, 1.807) is 12.4 Å². The molecule has 3 aliphatic rings. The van der Waals surface area contributed by atoms with Crippen molar-refractivity contribution in [1.29, 1.82) is 0 Å². The van der Waals surface area contributed by atoms with E-state index >= 15 is 0 Å². The zero-order valence-corrected chi connectivity index (χ0v) is 19.3. The minimum absolute atomic E-state index is 0.103. The lowest BCUT2D eigenvalue weighted by molar-refractivity contribution is 0.0804. The zero-order chi connectivity index (χ0) is 22.4. The molecule has 3 heterocycles. The number of hydrogen-bond acceptors (Lipinski definition) is 5. The average molecular weight is 436 g/mol. The van der Waals surface area contributed by atoms with Crippen molar-refractivity contribution in [2.45, 2.75) is 25.3 Å². The van der Waals surface area contributed by atoms with Crippen LogP contribution in [-0.2, 0) is 6.42 Å². The molecule has 1 fully saturated rings. The van der Waals surface area contributed by atoms with Crippen LogP contribution in [0.5, 0.6) is 0 Å². The smallest absolute Gasteiger partial charge is 0.0892 e. The summed E-state index contributed by atoms with van der Waals surface area (Å²) >= 11 is 0. The van der Waals surface area contributed by atoms with E-state index in [1.807, 2.05) is 6.20 Å². The normalized spacial score (nSPS) is 23.5. The number of hydrogen-bond donors (Lipinski definition) is 0. The second-order valence-corrected chi connectivity index (χ2v) is 9.64. The van der Waals surface area contributed by atoms with Crippen molar-refractivity contribution < 1.29 is 0 Å². The van der Waals surface area contributed by atoms with E-state index in [2.05, 4.69) is 82.3 Å². The van der Waals surface area contributed by atoms with Crippen molar-refractivity contribution in [2.24, 2.45) is 0 Å². The Kier molecular flexibility index (Phi) is 4.97. The van der Waals surface area contributed by atoms with Crippen molar-refractivity contribution in [2.75, 3.05) is 33.2 Å². The number of fused-ring (bicyclic) bond motifs is 2. The molecule has 0 radical (unpaired) electrons. The molecule has 0 spiro atoms. The fourth-order valence-electron chi connectivity index (χ4n) is 5.25. The Morgan fingerprint density at radius 3 is 2.48 bits per heavy atom. The molecule has 5 heteroatoms. The molecule has 2 aromatic heterocycles. The van der Waals surface area contributed by atoms with Gasteiger partial charge in [0.15, 0.2) is 0 Å². The highest BCUT2D eigenvalue weighted by Crippen LogP contribution is 2.36. The van der Waals surface area contributed by atoms with Crippen LogP contribution in [0.1, 0.15) is 35.7 Å². The van der Waals surface area contributed by atoms with Gasteiger partial charge in [-0.25, -0.2) is 0 Å². The Morgan fingerprint density at radius 2 is 1.70 bits per heavy atom. The van der Waals surface area contributed by atoms with Gasteiger partial charge in [0.2, 0.25) is 0 Å². The van der Waals surface area contributed by atoms with Crippen LogP contribution in [0.15, 0.2) is 67.2 Å². The molecule has 5 nitrogen and oxygen atoms in total. The Balaban J connectivity index is 1.26. The van der Waals surface area contributed by atoms with E-state index in [4.69, 9.17) is 4.98 Å². The molecule has 0 bridgehead atoms. The largest absolute Gasteiger partial charge is 0.304 e. The maximum absolute atomic E-state index is 4.84. The predicted octanol–water partition coefficient (Wildman–Crippen LogP) is 4.36. The van der Waals surface area contributed by atoms with Crippen LogP contribution >= 0.6 is 0 Å². The van der Waals surface area contributed by atoms with E-state index < -0.39 is 0 Å². The van der Waals surface area contributed by atoms with E-state index in [9.17, 15) is 0 Å². The summed E-state index contributed by atoms with van der Waals surface area (Å²) < 4.78 is 0. The van der Waals surface area contributed by atoms with Gasteiger partial charge >= 0.3 is 0 Å². The van der Waals surface area contributed by atoms with E-state index in [1.165, 1.54) is 27.8 Å². The summed E-state index contributed by atoms with van der Waals surface area (Å²) in [6.07, 6.45) is 16.8. The lowest BCUT2D eigenvalue weighted by Crippen LogP contribution is -2.54. The quantitative estimate of drug-likeness (QED) is 0.612. The Hall–Kier alpha value is -3.15. The number of likely N-dealkylation sites (N-methyl/N-ethyl adjacent to an activating group) is 1. The fourth-order valence-corrected chi connectivity index (χ4v) is 5.25. The van der Waals surface area contributed by atoms with Crippen molar-refractivity contribution in [1.82, 2.24) is 24.8 Å². The van der Waals surface area contributed by atoms with Crippen LogP contribution in [0.3, 0.4) is 0 Å². The van der Waals surface area contributed by atoms with Gasteiger partial charge in [0.25, 0.3) is 0 Å². The molecule has 0 amide bonds. The molecule has 0 N–H and O–H groups in total. The van der Waals surface area contributed by atoms with Gasteiger partial charge in [0.05, 0.1) is 16.7 Å². The highest BCUT2D eigenvalue weighted by atomic mass is 15.3. The topological polar surface area (TPSA) is 45.2 Å². The Morgan fingerprint density at radius 1 is 0.879 bits per heavy atom. The van der Waals surface area contributed by atoms with Crippen LogP contribution in [-0.4, -0.2) is 63.5 Å². The third kappa shape index (κ3) is 3.71. The molecular weight excluding hydrogens is 406 g/mol. The molecule has 1 atom stereocenters. The van der Waals surface area contributed by atoms with Gasteiger partial charge in [-0.3, -0.25) is 19.9 Å². The SMILES string of the molecule is CN1CCN(C2(C)C=CC(c3cnc4c(c3)C(c3ccc5nccnc5c3)=CC4)=CC2)CC1. The van der Waals surface area contributed by atoms with Gasteiger partial charge < -0.3 is 4.90 Å². The summed E-state index contributed by atoms with van der Waals surface area (Å²) in [5.41, 5.74) is 9.22. The van der Waals surface area contributed by atoms with Gasteiger partial charge in [0, 0.05) is 67.9 Å². The zero-order valence-electron chi connectivity index (χ0n) is 19.3. The van der Waals surface area contributed by atoms with Crippen molar-refractivity contribution in [3.8, 4) is 0 Å². The van der Waals surface area contributed by atoms with E-state index in [0.29, 0.717) is 0 Å². The lowest BCUT2D eigenvalue weighted by atomic mass is 9.86. The van der Waals surface area contributed by atoms with Crippen LogP contribution in [0.2, 0.25) is 0 Å². The Bertz CT molecular complexity index is 1310.